The highest BCUT2D eigenvalue weighted by Crippen LogP contribution is 2.26. The maximum Gasteiger partial charge on any atom is 0.319 e. The van der Waals surface area contributed by atoms with Gasteiger partial charge in [-0.3, -0.25) is 4.79 Å². The molecule has 0 heterocycles. The lowest BCUT2D eigenvalue weighted by atomic mass is 9.94. The highest BCUT2D eigenvalue weighted by molar-refractivity contribution is 5.97. The summed E-state index contributed by atoms with van der Waals surface area (Å²) in [4.78, 5) is 24.2. The summed E-state index contributed by atoms with van der Waals surface area (Å²) in [5.41, 5.74) is 0.257. The van der Waals surface area contributed by atoms with Crippen LogP contribution in [-0.4, -0.2) is 35.2 Å². The lowest BCUT2D eigenvalue weighted by Crippen LogP contribution is -2.42. The minimum atomic E-state index is -0.799. The van der Waals surface area contributed by atoms with Gasteiger partial charge in [0.05, 0.1) is 5.60 Å². The van der Waals surface area contributed by atoms with Gasteiger partial charge in [-0.05, 0) is 43.9 Å². The molecule has 1 aromatic carbocycles. The van der Waals surface area contributed by atoms with E-state index in [9.17, 15) is 14.7 Å². The molecule has 3 rings (SSSR count). The van der Waals surface area contributed by atoms with Crippen molar-refractivity contribution >= 4 is 17.6 Å². The van der Waals surface area contributed by atoms with E-state index in [4.69, 9.17) is 0 Å². The SMILES string of the molecule is O=C(Nc1cccc(C(=O)NCC2(O)CCCCCC2)c1)NC1CC1. The fourth-order valence-electron chi connectivity index (χ4n) is 3.23. The number of carbonyl (C=O) groups is 2. The Labute approximate surface area is 148 Å². The predicted molar refractivity (Wildman–Crippen MR) is 96.6 cm³/mol. The molecule has 0 aliphatic heterocycles. The van der Waals surface area contributed by atoms with Crippen LogP contribution < -0.4 is 16.0 Å². The molecule has 2 aliphatic carbocycles. The van der Waals surface area contributed by atoms with Crippen LogP contribution in [0, 0.1) is 0 Å². The first-order chi connectivity index (χ1) is 12.0. The van der Waals surface area contributed by atoms with Crippen molar-refractivity contribution < 1.29 is 14.7 Å². The first kappa shape index (κ1) is 17.7. The Morgan fingerprint density at radius 2 is 1.84 bits per heavy atom. The van der Waals surface area contributed by atoms with Crippen molar-refractivity contribution in [2.75, 3.05) is 11.9 Å². The van der Waals surface area contributed by atoms with Gasteiger partial charge in [0.1, 0.15) is 0 Å². The summed E-state index contributed by atoms with van der Waals surface area (Å²) >= 11 is 0. The van der Waals surface area contributed by atoms with Gasteiger partial charge >= 0.3 is 6.03 Å². The van der Waals surface area contributed by atoms with Crippen molar-refractivity contribution in [2.45, 2.75) is 63.0 Å². The van der Waals surface area contributed by atoms with Gasteiger partial charge in [-0.25, -0.2) is 4.79 Å². The monoisotopic (exact) mass is 345 g/mol. The summed E-state index contributed by atoms with van der Waals surface area (Å²) in [7, 11) is 0. The van der Waals surface area contributed by atoms with Gasteiger partial charge in [0.25, 0.3) is 5.91 Å². The Balaban J connectivity index is 1.54. The standard InChI is InChI=1S/C19H27N3O3/c23-17(20-13-19(25)10-3-1-2-4-11-19)14-6-5-7-16(12-14)22-18(24)21-15-8-9-15/h5-7,12,15,25H,1-4,8-11,13H2,(H,20,23)(H2,21,22,24). The van der Waals surface area contributed by atoms with Crippen LogP contribution >= 0.6 is 0 Å². The smallest absolute Gasteiger partial charge is 0.319 e. The first-order valence-corrected chi connectivity index (χ1v) is 9.22. The van der Waals surface area contributed by atoms with E-state index < -0.39 is 5.60 Å². The molecule has 4 N–H and O–H groups in total. The lowest BCUT2D eigenvalue weighted by Gasteiger charge is -2.26. The van der Waals surface area contributed by atoms with Gasteiger partial charge in [-0.2, -0.15) is 0 Å². The maximum atomic E-state index is 12.4. The van der Waals surface area contributed by atoms with Gasteiger partial charge in [0.2, 0.25) is 0 Å². The van der Waals surface area contributed by atoms with Crippen molar-refractivity contribution in [3.63, 3.8) is 0 Å². The van der Waals surface area contributed by atoms with Crippen molar-refractivity contribution in [2.24, 2.45) is 0 Å². The van der Waals surface area contributed by atoms with Crippen molar-refractivity contribution in [3.05, 3.63) is 29.8 Å². The van der Waals surface area contributed by atoms with Gasteiger partial charge in [-0.1, -0.05) is 31.7 Å². The van der Waals surface area contributed by atoms with Crippen LogP contribution in [-0.2, 0) is 0 Å². The largest absolute Gasteiger partial charge is 0.388 e. The summed E-state index contributed by atoms with van der Waals surface area (Å²) in [6, 6.07) is 6.89. The summed E-state index contributed by atoms with van der Waals surface area (Å²) in [5, 5.41) is 19.1. The van der Waals surface area contributed by atoms with Crippen LogP contribution in [0.4, 0.5) is 10.5 Å². The van der Waals surface area contributed by atoms with Crippen molar-refractivity contribution in [1.82, 2.24) is 10.6 Å². The molecular formula is C19H27N3O3. The molecule has 0 radical (unpaired) electrons. The number of hydrogen-bond acceptors (Lipinski definition) is 3. The van der Waals surface area contributed by atoms with Gasteiger partial charge in [0, 0.05) is 23.8 Å². The molecule has 1 aromatic rings. The molecule has 0 atom stereocenters. The molecule has 0 spiro atoms. The van der Waals surface area contributed by atoms with Crippen LogP contribution in [0.2, 0.25) is 0 Å². The Hall–Kier alpha value is -2.08. The van der Waals surface area contributed by atoms with Crippen LogP contribution in [0.25, 0.3) is 0 Å². The zero-order valence-electron chi connectivity index (χ0n) is 14.5. The Morgan fingerprint density at radius 3 is 2.52 bits per heavy atom. The second-order valence-electron chi connectivity index (χ2n) is 7.27. The van der Waals surface area contributed by atoms with Gasteiger partial charge < -0.3 is 21.1 Å². The van der Waals surface area contributed by atoms with Crippen LogP contribution in [0.5, 0.6) is 0 Å². The van der Waals surface area contributed by atoms with E-state index >= 15 is 0 Å². The summed E-state index contributed by atoms with van der Waals surface area (Å²) in [6.07, 6.45) is 7.81. The summed E-state index contributed by atoms with van der Waals surface area (Å²) < 4.78 is 0. The number of anilines is 1. The average Bonchev–Trinajstić information content (AvgIpc) is 3.41. The molecule has 25 heavy (non-hydrogen) atoms. The Kier molecular flexibility index (Phi) is 5.58. The minimum absolute atomic E-state index is 0.232. The second-order valence-corrected chi connectivity index (χ2v) is 7.27. The van der Waals surface area contributed by atoms with Crippen LogP contribution in [0.3, 0.4) is 0 Å². The number of hydrogen-bond donors (Lipinski definition) is 4. The number of carbonyl (C=O) groups excluding carboxylic acids is 2. The molecule has 136 valence electrons. The highest BCUT2D eigenvalue weighted by atomic mass is 16.3. The Morgan fingerprint density at radius 1 is 1.12 bits per heavy atom. The highest BCUT2D eigenvalue weighted by Gasteiger charge is 2.28. The zero-order chi connectivity index (χ0) is 17.7. The number of nitrogens with one attached hydrogen (secondary N) is 3. The number of aliphatic hydroxyl groups is 1. The third-order valence-corrected chi connectivity index (χ3v) is 4.91. The molecule has 3 amide bonds. The van der Waals surface area contributed by atoms with Crippen LogP contribution in [0.15, 0.2) is 24.3 Å². The van der Waals surface area contributed by atoms with E-state index in [1.807, 2.05) is 0 Å². The van der Waals surface area contributed by atoms with Gasteiger partial charge in [-0.15, -0.1) is 0 Å². The topological polar surface area (TPSA) is 90.5 Å². The molecule has 6 nitrogen and oxygen atoms in total. The third kappa shape index (κ3) is 5.46. The first-order valence-electron chi connectivity index (χ1n) is 9.22. The van der Waals surface area contributed by atoms with E-state index in [2.05, 4.69) is 16.0 Å². The molecule has 0 aromatic heterocycles. The maximum absolute atomic E-state index is 12.4. The minimum Gasteiger partial charge on any atom is -0.388 e. The predicted octanol–water partition coefficient (Wildman–Crippen LogP) is 2.79. The number of benzene rings is 1. The summed E-state index contributed by atoms with van der Waals surface area (Å²) in [6.45, 7) is 0.269. The number of amides is 3. The Bertz CT molecular complexity index is 620. The second kappa shape index (κ2) is 7.87. The number of rotatable bonds is 5. The van der Waals surface area contributed by atoms with Crippen LogP contribution in [0.1, 0.15) is 61.7 Å². The molecular weight excluding hydrogens is 318 g/mol. The summed E-state index contributed by atoms with van der Waals surface area (Å²) in [5.74, 6) is -0.232. The molecule has 0 saturated heterocycles. The molecule has 2 aliphatic rings. The van der Waals surface area contributed by atoms with Crippen molar-refractivity contribution in [1.29, 1.82) is 0 Å². The molecule has 6 heteroatoms. The van der Waals surface area contributed by atoms with E-state index in [0.717, 1.165) is 51.4 Å². The molecule has 0 unspecified atom stereocenters. The van der Waals surface area contributed by atoms with Gasteiger partial charge in [0.15, 0.2) is 0 Å². The van der Waals surface area contributed by atoms with Crippen molar-refractivity contribution in [3.8, 4) is 0 Å². The third-order valence-electron chi connectivity index (χ3n) is 4.91. The average molecular weight is 345 g/mol. The fourth-order valence-corrected chi connectivity index (χ4v) is 3.23. The van der Waals surface area contributed by atoms with E-state index in [-0.39, 0.29) is 24.5 Å². The molecule has 2 saturated carbocycles. The van der Waals surface area contributed by atoms with E-state index in [1.165, 1.54) is 0 Å². The van der Waals surface area contributed by atoms with E-state index in [0.29, 0.717) is 11.3 Å². The molecule has 2 fully saturated rings. The normalized spacial score (nSPS) is 19.6. The number of urea groups is 1. The zero-order valence-corrected chi connectivity index (χ0v) is 14.5. The van der Waals surface area contributed by atoms with E-state index in [1.54, 1.807) is 24.3 Å². The fraction of sp³-hybridized carbons (Fsp3) is 0.579. The quantitative estimate of drug-likeness (QED) is 0.619. The lowest BCUT2D eigenvalue weighted by molar-refractivity contribution is 0.0246. The molecule has 0 bridgehead atoms.